The number of primary amides is 1. The molecule has 0 saturated heterocycles. The molecule has 0 spiro atoms. The van der Waals surface area contributed by atoms with Crippen LogP contribution in [-0.2, 0) is 5.75 Å². The predicted molar refractivity (Wildman–Crippen MR) is 80.4 cm³/mol. The molecule has 2 aromatic carbocycles. The second kappa shape index (κ2) is 5.99. The van der Waals surface area contributed by atoms with Gasteiger partial charge in [-0.15, -0.1) is 11.8 Å². The number of rotatable bonds is 4. The van der Waals surface area contributed by atoms with Gasteiger partial charge in [0.1, 0.15) is 0 Å². The Bertz CT molecular complexity index is 599. The molecule has 0 aliphatic rings. The zero-order valence-electron chi connectivity index (χ0n) is 10.1. The molecule has 4 N–H and O–H groups in total. The highest BCUT2D eigenvalue weighted by Gasteiger charge is 2.11. The third-order valence-corrected chi connectivity index (χ3v) is 4.08. The Kier molecular flexibility index (Phi) is 4.35. The van der Waals surface area contributed by atoms with Gasteiger partial charge in [-0.05, 0) is 29.8 Å². The quantitative estimate of drug-likeness (QED) is 0.671. The highest BCUT2D eigenvalue weighted by atomic mass is 35.5. The number of hydrogen-bond donors (Lipinski definition) is 2. The number of anilines is 1. The van der Waals surface area contributed by atoms with Gasteiger partial charge in [0.05, 0.1) is 5.56 Å². The van der Waals surface area contributed by atoms with Crippen LogP contribution in [0.3, 0.4) is 0 Å². The molecule has 0 bridgehead atoms. The lowest BCUT2D eigenvalue weighted by molar-refractivity contribution is 0.0997. The van der Waals surface area contributed by atoms with E-state index in [-0.39, 0.29) is 0 Å². The van der Waals surface area contributed by atoms with Gasteiger partial charge in [-0.1, -0.05) is 29.8 Å². The summed E-state index contributed by atoms with van der Waals surface area (Å²) in [6, 6.07) is 12.7. The van der Waals surface area contributed by atoms with E-state index in [2.05, 4.69) is 0 Å². The predicted octanol–water partition coefficient (Wildman–Crippen LogP) is 3.31. The number of carbonyl (C=O) groups is 1. The molecule has 0 saturated carbocycles. The van der Waals surface area contributed by atoms with Gasteiger partial charge in [0.2, 0.25) is 5.91 Å². The first-order valence-corrected chi connectivity index (χ1v) is 7.00. The summed E-state index contributed by atoms with van der Waals surface area (Å²) in [5.74, 6) is 0.233. The number of carbonyl (C=O) groups excluding carboxylic acids is 1. The number of amides is 1. The van der Waals surface area contributed by atoms with Crippen molar-refractivity contribution >= 4 is 35.0 Å². The largest absolute Gasteiger partial charge is 0.398 e. The Labute approximate surface area is 120 Å². The molecule has 2 aromatic rings. The molecule has 0 aliphatic carbocycles. The summed E-state index contributed by atoms with van der Waals surface area (Å²) in [6.07, 6.45) is 0. The molecule has 0 unspecified atom stereocenters. The first-order valence-electron chi connectivity index (χ1n) is 5.63. The van der Waals surface area contributed by atoms with Crippen LogP contribution >= 0.6 is 23.4 Å². The topological polar surface area (TPSA) is 69.1 Å². The van der Waals surface area contributed by atoms with Crippen molar-refractivity contribution in [2.45, 2.75) is 10.6 Å². The zero-order valence-corrected chi connectivity index (χ0v) is 11.7. The van der Waals surface area contributed by atoms with Gasteiger partial charge >= 0.3 is 0 Å². The second-order valence-electron chi connectivity index (χ2n) is 4.00. The zero-order chi connectivity index (χ0) is 13.8. The summed E-state index contributed by atoms with van der Waals surface area (Å²) in [5, 5.41) is 0.700. The van der Waals surface area contributed by atoms with Gasteiger partial charge in [0.25, 0.3) is 0 Å². The van der Waals surface area contributed by atoms with E-state index >= 15 is 0 Å². The third kappa shape index (κ3) is 3.43. The summed E-state index contributed by atoms with van der Waals surface area (Å²) in [4.78, 5) is 12.1. The first-order chi connectivity index (χ1) is 9.08. The van der Waals surface area contributed by atoms with Crippen LogP contribution in [-0.4, -0.2) is 5.91 Å². The molecule has 5 heteroatoms. The number of nitrogen functional groups attached to an aromatic ring is 1. The number of benzene rings is 2. The van der Waals surface area contributed by atoms with Crippen molar-refractivity contribution in [2.24, 2.45) is 5.73 Å². The van der Waals surface area contributed by atoms with Crippen molar-refractivity contribution in [3.63, 3.8) is 0 Å². The summed E-state index contributed by atoms with van der Waals surface area (Å²) in [7, 11) is 0. The highest BCUT2D eigenvalue weighted by molar-refractivity contribution is 7.98. The number of thioether (sulfide) groups is 1. The Hall–Kier alpha value is -1.65. The minimum Gasteiger partial charge on any atom is -0.398 e. The van der Waals surface area contributed by atoms with Crippen LogP contribution in [0.15, 0.2) is 47.4 Å². The molecular weight excluding hydrogens is 280 g/mol. The van der Waals surface area contributed by atoms with E-state index in [4.69, 9.17) is 23.1 Å². The van der Waals surface area contributed by atoms with Crippen molar-refractivity contribution in [1.29, 1.82) is 0 Å². The fraction of sp³-hybridized carbons (Fsp3) is 0.0714. The van der Waals surface area contributed by atoms with E-state index in [9.17, 15) is 4.79 Å². The van der Waals surface area contributed by atoms with Crippen LogP contribution in [0.2, 0.25) is 5.02 Å². The van der Waals surface area contributed by atoms with Crippen LogP contribution < -0.4 is 11.5 Å². The molecule has 1 amide bonds. The monoisotopic (exact) mass is 292 g/mol. The van der Waals surface area contributed by atoms with Crippen LogP contribution in [0.1, 0.15) is 15.9 Å². The Balaban J connectivity index is 2.19. The fourth-order valence-electron chi connectivity index (χ4n) is 1.65. The van der Waals surface area contributed by atoms with Crippen LogP contribution in [0.5, 0.6) is 0 Å². The standard InChI is InChI=1S/C14H13ClN2OS/c15-10-6-4-9(5-7-10)8-19-13-11(14(17)18)2-1-3-12(13)16/h1-7H,8,16H2,(H2,17,18). The van der Waals surface area contributed by atoms with Crippen molar-refractivity contribution in [3.8, 4) is 0 Å². The van der Waals surface area contributed by atoms with Crippen molar-refractivity contribution in [1.82, 2.24) is 0 Å². The molecule has 19 heavy (non-hydrogen) atoms. The first kappa shape index (κ1) is 13.8. The molecule has 2 rings (SSSR count). The maximum Gasteiger partial charge on any atom is 0.249 e. The van der Waals surface area contributed by atoms with Gasteiger partial charge in [-0.25, -0.2) is 0 Å². The minimum absolute atomic E-state index is 0.457. The molecule has 0 atom stereocenters. The van der Waals surface area contributed by atoms with Crippen LogP contribution in [0, 0.1) is 0 Å². The molecule has 98 valence electrons. The summed E-state index contributed by atoms with van der Waals surface area (Å²) in [6.45, 7) is 0. The second-order valence-corrected chi connectivity index (χ2v) is 5.43. The van der Waals surface area contributed by atoms with Crippen LogP contribution in [0.4, 0.5) is 5.69 Å². The lowest BCUT2D eigenvalue weighted by Gasteiger charge is -2.09. The minimum atomic E-state index is -0.467. The van der Waals surface area contributed by atoms with E-state index < -0.39 is 5.91 Å². The van der Waals surface area contributed by atoms with Gasteiger partial charge in [-0.2, -0.15) is 0 Å². The molecule has 0 fully saturated rings. The van der Waals surface area contributed by atoms with Crippen molar-refractivity contribution in [3.05, 3.63) is 58.6 Å². The van der Waals surface area contributed by atoms with Gasteiger partial charge < -0.3 is 11.5 Å². The molecule has 0 aromatic heterocycles. The number of nitrogens with two attached hydrogens (primary N) is 2. The summed E-state index contributed by atoms with van der Waals surface area (Å²) < 4.78 is 0. The van der Waals surface area contributed by atoms with E-state index in [0.29, 0.717) is 22.0 Å². The molecule has 3 nitrogen and oxygen atoms in total. The SMILES string of the molecule is NC(=O)c1cccc(N)c1SCc1ccc(Cl)cc1. The van der Waals surface area contributed by atoms with E-state index in [1.54, 1.807) is 18.2 Å². The molecule has 0 heterocycles. The number of hydrogen-bond acceptors (Lipinski definition) is 3. The van der Waals surface area contributed by atoms with E-state index in [0.717, 1.165) is 10.5 Å². The van der Waals surface area contributed by atoms with Gasteiger partial charge in [0.15, 0.2) is 0 Å². The van der Waals surface area contributed by atoms with Gasteiger partial charge in [0, 0.05) is 21.4 Å². The van der Waals surface area contributed by atoms with Crippen molar-refractivity contribution < 1.29 is 4.79 Å². The average molecular weight is 293 g/mol. The lowest BCUT2D eigenvalue weighted by atomic mass is 10.2. The third-order valence-electron chi connectivity index (χ3n) is 2.61. The molecular formula is C14H13ClN2OS. The van der Waals surface area contributed by atoms with E-state index in [1.807, 2.05) is 24.3 Å². The summed E-state index contributed by atoms with van der Waals surface area (Å²) in [5.41, 5.74) is 13.4. The maximum atomic E-state index is 11.4. The molecule has 0 radical (unpaired) electrons. The van der Waals surface area contributed by atoms with E-state index in [1.165, 1.54) is 11.8 Å². The Morgan fingerprint density at radius 2 is 1.84 bits per heavy atom. The highest BCUT2D eigenvalue weighted by Crippen LogP contribution is 2.31. The maximum absolute atomic E-state index is 11.4. The van der Waals surface area contributed by atoms with Crippen molar-refractivity contribution in [2.75, 3.05) is 5.73 Å². The fourth-order valence-corrected chi connectivity index (χ4v) is 2.83. The summed E-state index contributed by atoms with van der Waals surface area (Å²) >= 11 is 7.32. The Morgan fingerprint density at radius 1 is 1.16 bits per heavy atom. The smallest absolute Gasteiger partial charge is 0.249 e. The Morgan fingerprint density at radius 3 is 2.47 bits per heavy atom. The number of halogens is 1. The average Bonchev–Trinajstić information content (AvgIpc) is 2.39. The van der Waals surface area contributed by atoms with Crippen LogP contribution in [0.25, 0.3) is 0 Å². The molecule has 0 aliphatic heterocycles. The normalized spacial score (nSPS) is 10.4. The lowest BCUT2D eigenvalue weighted by Crippen LogP contribution is -2.13. The van der Waals surface area contributed by atoms with Gasteiger partial charge in [-0.3, -0.25) is 4.79 Å².